The summed E-state index contributed by atoms with van der Waals surface area (Å²) in [5.74, 6) is -0.342. The third kappa shape index (κ3) is 6.04. The topological polar surface area (TPSA) is 71.4 Å². The predicted molar refractivity (Wildman–Crippen MR) is 63.1 cm³/mol. The van der Waals surface area contributed by atoms with Crippen molar-refractivity contribution in [3.05, 3.63) is 0 Å². The first-order chi connectivity index (χ1) is 6.71. The highest BCUT2D eigenvalue weighted by molar-refractivity contribution is 8.02. The first-order valence-corrected chi connectivity index (χ1v) is 7.60. The van der Waals surface area contributed by atoms with Gasteiger partial charge in [0, 0.05) is 11.5 Å². The molecule has 0 saturated heterocycles. The highest BCUT2D eigenvalue weighted by Gasteiger charge is 2.27. The van der Waals surface area contributed by atoms with Crippen molar-refractivity contribution in [1.29, 1.82) is 0 Å². The van der Waals surface area contributed by atoms with Crippen LogP contribution >= 0.6 is 11.8 Å². The lowest BCUT2D eigenvalue weighted by atomic mass is 10.2. The van der Waals surface area contributed by atoms with Crippen molar-refractivity contribution in [3.63, 3.8) is 0 Å². The predicted octanol–water partition coefficient (Wildman–Crippen LogP) is 1.41. The fraction of sp³-hybridized carbons (Fsp3) is 0.889. The van der Waals surface area contributed by atoms with E-state index in [1.54, 1.807) is 13.8 Å². The van der Waals surface area contributed by atoms with E-state index in [1.165, 1.54) is 0 Å². The van der Waals surface area contributed by atoms with E-state index >= 15 is 0 Å². The van der Waals surface area contributed by atoms with E-state index in [1.807, 2.05) is 6.92 Å². The van der Waals surface area contributed by atoms with Gasteiger partial charge in [-0.15, -0.1) is 11.8 Å². The average molecular weight is 254 g/mol. The van der Waals surface area contributed by atoms with Crippen LogP contribution in [0.15, 0.2) is 0 Å². The Bertz CT molecular complexity index is 306. The number of hydrogen-bond acceptors (Lipinski definition) is 4. The summed E-state index contributed by atoms with van der Waals surface area (Å²) in [4.78, 5) is 10.7. The summed E-state index contributed by atoms with van der Waals surface area (Å²) < 4.78 is 21.7. The molecule has 6 heteroatoms. The van der Waals surface area contributed by atoms with E-state index in [9.17, 15) is 13.2 Å². The largest absolute Gasteiger partial charge is 0.480 e. The second-order valence-corrected chi connectivity index (χ2v) is 7.84. The Labute approximate surface area is 95.4 Å². The molecule has 0 aliphatic rings. The Morgan fingerprint density at radius 1 is 1.33 bits per heavy atom. The van der Waals surface area contributed by atoms with Crippen LogP contribution in [-0.4, -0.2) is 41.5 Å². The minimum atomic E-state index is -2.99. The second-order valence-electron chi connectivity index (χ2n) is 3.82. The standard InChI is InChI=1S/C9H18O4S2/c1-4-6-15(12,13)7-5-14-9(2,3)8(10)11/h4-7H2,1-3H3,(H,10,11). The van der Waals surface area contributed by atoms with Crippen LogP contribution in [0.4, 0.5) is 0 Å². The lowest BCUT2D eigenvalue weighted by Gasteiger charge is -2.17. The van der Waals surface area contributed by atoms with Gasteiger partial charge in [-0.2, -0.15) is 0 Å². The number of carbonyl (C=O) groups is 1. The zero-order chi connectivity index (χ0) is 12.1. The number of hydrogen-bond donors (Lipinski definition) is 1. The van der Waals surface area contributed by atoms with Crippen LogP contribution < -0.4 is 0 Å². The molecule has 0 amide bonds. The molecule has 90 valence electrons. The third-order valence-electron chi connectivity index (χ3n) is 1.89. The van der Waals surface area contributed by atoms with Crippen LogP contribution in [0, 0.1) is 0 Å². The molecule has 0 saturated carbocycles. The normalized spacial score (nSPS) is 12.7. The first kappa shape index (κ1) is 14.8. The Balaban J connectivity index is 4.05. The van der Waals surface area contributed by atoms with Crippen molar-refractivity contribution in [2.24, 2.45) is 0 Å². The van der Waals surface area contributed by atoms with Crippen LogP contribution in [0.25, 0.3) is 0 Å². The van der Waals surface area contributed by atoms with Crippen LogP contribution in [0.5, 0.6) is 0 Å². The maximum Gasteiger partial charge on any atom is 0.319 e. The molecular weight excluding hydrogens is 236 g/mol. The smallest absolute Gasteiger partial charge is 0.319 e. The highest BCUT2D eigenvalue weighted by Crippen LogP contribution is 2.24. The van der Waals surface area contributed by atoms with Crippen molar-refractivity contribution in [3.8, 4) is 0 Å². The molecule has 0 aromatic carbocycles. The molecule has 0 aliphatic heterocycles. The van der Waals surface area contributed by atoms with Gasteiger partial charge in [-0.1, -0.05) is 6.92 Å². The molecule has 0 fully saturated rings. The number of carboxylic acid groups (broad SMARTS) is 1. The molecule has 0 radical (unpaired) electrons. The zero-order valence-corrected chi connectivity index (χ0v) is 10.9. The number of sulfone groups is 1. The van der Waals surface area contributed by atoms with Gasteiger partial charge in [-0.05, 0) is 20.3 Å². The lowest BCUT2D eigenvalue weighted by Crippen LogP contribution is -2.28. The lowest BCUT2D eigenvalue weighted by molar-refractivity contribution is -0.138. The minimum absolute atomic E-state index is 0.0578. The van der Waals surface area contributed by atoms with Gasteiger partial charge in [0.1, 0.15) is 4.75 Å². The van der Waals surface area contributed by atoms with Crippen LogP contribution in [0.2, 0.25) is 0 Å². The number of carboxylic acids is 1. The fourth-order valence-corrected chi connectivity index (χ4v) is 3.71. The fourth-order valence-electron chi connectivity index (χ4n) is 0.899. The third-order valence-corrected chi connectivity index (χ3v) is 5.31. The van der Waals surface area contributed by atoms with Crippen LogP contribution in [0.1, 0.15) is 27.2 Å². The quantitative estimate of drug-likeness (QED) is 0.743. The molecular formula is C9H18O4S2. The minimum Gasteiger partial charge on any atom is -0.480 e. The summed E-state index contributed by atoms with van der Waals surface area (Å²) in [5, 5.41) is 8.80. The second kappa shape index (κ2) is 5.75. The Hall–Kier alpha value is -0.230. The summed E-state index contributed by atoms with van der Waals surface area (Å²) in [6.45, 7) is 4.96. The van der Waals surface area contributed by atoms with Gasteiger partial charge < -0.3 is 5.11 Å². The van der Waals surface area contributed by atoms with E-state index in [0.717, 1.165) is 11.8 Å². The van der Waals surface area contributed by atoms with Crippen molar-refractivity contribution >= 4 is 27.6 Å². The molecule has 0 rings (SSSR count). The van der Waals surface area contributed by atoms with E-state index in [-0.39, 0.29) is 11.5 Å². The maximum absolute atomic E-state index is 11.3. The van der Waals surface area contributed by atoms with E-state index in [0.29, 0.717) is 12.2 Å². The van der Waals surface area contributed by atoms with Crippen molar-refractivity contribution in [2.45, 2.75) is 31.9 Å². The van der Waals surface area contributed by atoms with Crippen molar-refractivity contribution < 1.29 is 18.3 Å². The monoisotopic (exact) mass is 254 g/mol. The Kier molecular flexibility index (Phi) is 5.66. The summed E-state index contributed by atoms with van der Waals surface area (Å²) in [7, 11) is -2.99. The van der Waals surface area contributed by atoms with E-state index < -0.39 is 20.6 Å². The Morgan fingerprint density at radius 2 is 1.87 bits per heavy atom. The van der Waals surface area contributed by atoms with Crippen molar-refractivity contribution in [2.75, 3.05) is 17.3 Å². The van der Waals surface area contributed by atoms with Gasteiger partial charge in [0.15, 0.2) is 9.84 Å². The van der Waals surface area contributed by atoms with Crippen LogP contribution in [-0.2, 0) is 14.6 Å². The van der Waals surface area contributed by atoms with E-state index in [2.05, 4.69) is 0 Å². The molecule has 0 aromatic rings. The highest BCUT2D eigenvalue weighted by atomic mass is 32.2. The maximum atomic E-state index is 11.3. The molecule has 15 heavy (non-hydrogen) atoms. The molecule has 1 N–H and O–H groups in total. The number of thioether (sulfide) groups is 1. The molecule has 0 aromatic heterocycles. The van der Waals surface area contributed by atoms with Crippen LogP contribution in [0.3, 0.4) is 0 Å². The Morgan fingerprint density at radius 3 is 2.27 bits per heavy atom. The zero-order valence-electron chi connectivity index (χ0n) is 9.32. The average Bonchev–Trinajstić information content (AvgIpc) is 2.02. The molecule has 0 heterocycles. The van der Waals surface area contributed by atoms with Gasteiger partial charge >= 0.3 is 5.97 Å². The first-order valence-electron chi connectivity index (χ1n) is 4.79. The number of rotatable bonds is 7. The van der Waals surface area contributed by atoms with E-state index in [4.69, 9.17) is 5.11 Å². The summed E-state index contributed by atoms with van der Waals surface area (Å²) in [5.41, 5.74) is 0. The number of aliphatic carboxylic acids is 1. The molecule has 0 bridgehead atoms. The SMILES string of the molecule is CCCS(=O)(=O)CCSC(C)(C)C(=O)O. The van der Waals surface area contributed by atoms with Gasteiger partial charge in [0.25, 0.3) is 0 Å². The summed E-state index contributed by atoms with van der Waals surface area (Å²) >= 11 is 1.16. The molecule has 0 spiro atoms. The summed E-state index contributed by atoms with van der Waals surface area (Å²) in [6.07, 6.45) is 0.606. The summed E-state index contributed by atoms with van der Waals surface area (Å²) in [6, 6.07) is 0. The van der Waals surface area contributed by atoms with Gasteiger partial charge in [0.2, 0.25) is 0 Å². The molecule has 0 aliphatic carbocycles. The van der Waals surface area contributed by atoms with Gasteiger partial charge in [-0.3, -0.25) is 4.79 Å². The van der Waals surface area contributed by atoms with Gasteiger partial charge in [0.05, 0.1) is 5.75 Å². The van der Waals surface area contributed by atoms with Crippen molar-refractivity contribution in [1.82, 2.24) is 0 Å². The molecule has 0 atom stereocenters. The molecule has 4 nitrogen and oxygen atoms in total. The molecule has 0 unspecified atom stereocenters. The van der Waals surface area contributed by atoms with Gasteiger partial charge in [-0.25, -0.2) is 8.42 Å².